The van der Waals surface area contributed by atoms with E-state index in [2.05, 4.69) is 63.3 Å². The van der Waals surface area contributed by atoms with Gasteiger partial charge in [-0.2, -0.15) is 0 Å². The lowest BCUT2D eigenvalue weighted by atomic mass is 9.99. The van der Waals surface area contributed by atoms with Gasteiger partial charge in [0, 0.05) is 5.54 Å². The quantitative estimate of drug-likeness (QED) is 0.703. The maximum atomic E-state index is 3.58. The molecule has 1 aromatic rings. The Hall–Kier alpha value is -0.820. The summed E-state index contributed by atoms with van der Waals surface area (Å²) in [5.74, 6) is 0.778. The fourth-order valence-corrected chi connectivity index (χ4v) is 2.05. The van der Waals surface area contributed by atoms with Crippen LogP contribution in [-0.4, -0.2) is 12.1 Å². The smallest absolute Gasteiger partial charge is 0.00966 e. The maximum absolute atomic E-state index is 3.58. The number of unbranched alkanes of at least 4 members (excludes halogenated alkanes) is 1. The number of aryl methyl sites for hydroxylation is 1. The normalized spacial score (nSPS) is 13.6. The average molecular weight is 247 g/mol. The Morgan fingerprint density at radius 3 is 2.33 bits per heavy atom. The van der Waals surface area contributed by atoms with Gasteiger partial charge in [-0.05, 0) is 58.1 Å². The van der Waals surface area contributed by atoms with E-state index in [9.17, 15) is 0 Å². The van der Waals surface area contributed by atoms with E-state index in [4.69, 9.17) is 0 Å². The highest BCUT2D eigenvalue weighted by Gasteiger charge is 2.10. The first-order valence-corrected chi connectivity index (χ1v) is 7.26. The number of benzene rings is 1. The van der Waals surface area contributed by atoms with Crippen molar-refractivity contribution in [3.63, 3.8) is 0 Å². The van der Waals surface area contributed by atoms with Gasteiger partial charge in [0.25, 0.3) is 0 Å². The van der Waals surface area contributed by atoms with Crippen molar-refractivity contribution < 1.29 is 0 Å². The van der Waals surface area contributed by atoms with Gasteiger partial charge in [-0.3, -0.25) is 0 Å². The third-order valence-corrected chi connectivity index (χ3v) is 3.24. The van der Waals surface area contributed by atoms with Gasteiger partial charge < -0.3 is 5.32 Å². The number of hydrogen-bond donors (Lipinski definition) is 1. The molecule has 102 valence electrons. The van der Waals surface area contributed by atoms with Crippen molar-refractivity contribution in [1.29, 1.82) is 0 Å². The van der Waals surface area contributed by atoms with Gasteiger partial charge in [0.15, 0.2) is 0 Å². The van der Waals surface area contributed by atoms with Gasteiger partial charge in [0.2, 0.25) is 0 Å². The van der Waals surface area contributed by atoms with Crippen LogP contribution in [0, 0.1) is 5.92 Å². The molecule has 1 unspecified atom stereocenters. The molecule has 0 saturated heterocycles. The molecule has 1 rings (SSSR count). The zero-order chi connectivity index (χ0) is 13.4. The van der Waals surface area contributed by atoms with Crippen LogP contribution in [0.15, 0.2) is 30.3 Å². The first kappa shape index (κ1) is 15.2. The van der Waals surface area contributed by atoms with Crippen molar-refractivity contribution in [1.82, 2.24) is 5.32 Å². The number of hydrogen-bond acceptors (Lipinski definition) is 1. The van der Waals surface area contributed by atoms with Crippen molar-refractivity contribution >= 4 is 0 Å². The van der Waals surface area contributed by atoms with Crippen LogP contribution in [-0.2, 0) is 6.42 Å². The van der Waals surface area contributed by atoms with E-state index in [1.807, 2.05) is 0 Å². The molecule has 1 aromatic carbocycles. The predicted molar refractivity (Wildman–Crippen MR) is 80.9 cm³/mol. The lowest BCUT2D eigenvalue weighted by Gasteiger charge is -2.23. The molecule has 0 bridgehead atoms. The van der Waals surface area contributed by atoms with Gasteiger partial charge >= 0.3 is 0 Å². The molecule has 0 saturated carbocycles. The zero-order valence-electron chi connectivity index (χ0n) is 12.5. The summed E-state index contributed by atoms with van der Waals surface area (Å²) in [5.41, 5.74) is 1.72. The standard InChI is InChI=1S/C17H29N/c1-15(14-18-17(2,3)4)10-8-9-13-16-11-6-5-7-12-16/h5-7,11-12,15,18H,8-10,13-14H2,1-4H3. The van der Waals surface area contributed by atoms with Crippen LogP contribution in [0.25, 0.3) is 0 Å². The third kappa shape index (κ3) is 7.50. The maximum Gasteiger partial charge on any atom is 0.00966 e. The molecule has 0 spiro atoms. The summed E-state index contributed by atoms with van der Waals surface area (Å²) in [7, 11) is 0. The summed E-state index contributed by atoms with van der Waals surface area (Å²) in [4.78, 5) is 0. The molecule has 1 atom stereocenters. The summed E-state index contributed by atoms with van der Waals surface area (Å²) >= 11 is 0. The van der Waals surface area contributed by atoms with E-state index in [1.165, 1.54) is 31.2 Å². The monoisotopic (exact) mass is 247 g/mol. The Morgan fingerprint density at radius 2 is 1.72 bits per heavy atom. The van der Waals surface area contributed by atoms with Crippen LogP contribution in [0.5, 0.6) is 0 Å². The summed E-state index contributed by atoms with van der Waals surface area (Å²) < 4.78 is 0. The molecule has 18 heavy (non-hydrogen) atoms. The fourth-order valence-electron chi connectivity index (χ4n) is 2.05. The molecule has 0 amide bonds. The molecule has 0 aliphatic carbocycles. The van der Waals surface area contributed by atoms with Crippen molar-refractivity contribution in [2.45, 2.75) is 58.9 Å². The molecule has 0 aliphatic rings. The molecule has 0 aromatic heterocycles. The van der Waals surface area contributed by atoms with Crippen LogP contribution in [0.2, 0.25) is 0 Å². The largest absolute Gasteiger partial charge is 0.312 e. The lowest BCUT2D eigenvalue weighted by Crippen LogP contribution is -2.38. The number of rotatable bonds is 7. The van der Waals surface area contributed by atoms with Crippen LogP contribution >= 0.6 is 0 Å². The zero-order valence-corrected chi connectivity index (χ0v) is 12.5. The molecule has 0 radical (unpaired) electrons. The van der Waals surface area contributed by atoms with E-state index in [0.29, 0.717) is 0 Å². The highest BCUT2D eigenvalue weighted by molar-refractivity contribution is 5.14. The van der Waals surface area contributed by atoms with Crippen molar-refractivity contribution in [2.75, 3.05) is 6.54 Å². The van der Waals surface area contributed by atoms with Crippen molar-refractivity contribution in [3.05, 3.63) is 35.9 Å². The molecule has 0 aliphatic heterocycles. The topological polar surface area (TPSA) is 12.0 Å². The van der Waals surface area contributed by atoms with Gasteiger partial charge in [-0.15, -0.1) is 0 Å². The van der Waals surface area contributed by atoms with Gasteiger partial charge in [0.05, 0.1) is 0 Å². The van der Waals surface area contributed by atoms with Crippen LogP contribution < -0.4 is 5.32 Å². The molecule has 0 fully saturated rings. The Labute approximate surface area is 113 Å². The highest BCUT2D eigenvalue weighted by atomic mass is 14.9. The second-order valence-electron chi connectivity index (χ2n) is 6.47. The van der Waals surface area contributed by atoms with Crippen molar-refractivity contribution in [3.8, 4) is 0 Å². The van der Waals surface area contributed by atoms with Crippen molar-refractivity contribution in [2.24, 2.45) is 5.92 Å². The molecular formula is C17H29N. The Bertz CT molecular complexity index is 310. The second kappa shape index (κ2) is 7.58. The minimum atomic E-state index is 0.248. The SMILES string of the molecule is CC(CCCCc1ccccc1)CNC(C)(C)C. The Morgan fingerprint density at radius 1 is 1.06 bits per heavy atom. The molecule has 0 heterocycles. The Kier molecular flexibility index (Phi) is 6.42. The predicted octanol–water partition coefficient (Wildman–Crippen LogP) is 4.42. The Balaban J connectivity index is 2.07. The van der Waals surface area contributed by atoms with E-state index >= 15 is 0 Å². The van der Waals surface area contributed by atoms with E-state index in [0.717, 1.165) is 12.5 Å². The van der Waals surface area contributed by atoms with Gasteiger partial charge in [-0.1, -0.05) is 43.7 Å². The highest BCUT2D eigenvalue weighted by Crippen LogP contribution is 2.11. The summed E-state index contributed by atoms with van der Waals surface area (Å²) in [6.07, 6.45) is 5.20. The molecule has 1 nitrogen and oxygen atoms in total. The minimum Gasteiger partial charge on any atom is -0.312 e. The first-order chi connectivity index (χ1) is 8.47. The summed E-state index contributed by atoms with van der Waals surface area (Å²) in [5, 5.41) is 3.58. The first-order valence-electron chi connectivity index (χ1n) is 7.26. The average Bonchev–Trinajstić information content (AvgIpc) is 2.33. The summed E-state index contributed by atoms with van der Waals surface area (Å²) in [6, 6.07) is 10.8. The van der Waals surface area contributed by atoms with Gasteiger partial charge in [-0.25, -0.2) is 0 Å². The van der Waals surface area contributed by atoms with Crippen LogP contribution in [0.4, 0.5) is 0 Å². The third-order valence-electron chi connectivity index (χ3n) is 3.24. The second-order valence-corrected chi connectivity index (χ2v) is 6.47. The fraction of sp³-hybridized carbons (Fsp3) is 0.647. The molecular weight excluding hydrogens is 218 g/mol. The van der Waals surface area contributed by atoms with Crippen LogP contribution in [0.3, 0.4) is 0 Å². The van der Waals surface area contributed by atoms with E-state index in [-0.39, 0.29) is 5.54 Å². The molecule has 1 N–H and O–H groups in total. The molecule has 1 heteroatoms. The number of nitrogens with one attached hydrogen (secondary N) is 1. The van der Waals surface area contributed by atoms with Gasteiger partial charge in [0.1, 0.15) is 0 Å². The minimum absolute atomic E-state index is 0.248. The summed E-state index contributed by atoms with van der Waals surface area (Å²) in [6.45, 7) is 10.2. The van der Waals surface area contributed by atoms with E-state index in [1.54, 1.807) is 0 Å². The lowest BCUT2D eigenvalue weighted by molar-refractivity contribution is 0.366. The van der Waals surface area contributed by atoms with E-state index < -0.39 is 0 Å². The van der Waals surface area contributed by atoms with Crippen LogP contribution in [0.1, 0.15) is 52.5 Å².